The highest BCUT2D eigenvalue weighted by atomic mass is 32.2. The zero-order chi connectivity index (χ0) is 24.9. The number of amides is 3. The molecule has 1 atom stereocenters. The molecule has 0 radical (unpaired) electrons. The maximum atomic E-state index is 14.1. The number of fused-ring (bicyclic) bond motifs is 2. The molecule has 1 N–H and O–H groups in total. The van der Waals surface area contributed by atoms with Gasteiger partial charge >= 0.3 is 0 Å². The normalized spacial score (nSPS) is 19.0. The highest BCUT2D eigenvalue weighted by Gasteiger charge is 2.61. The third-order valence-electron chi connectivity index (χ3n) is 6.37. The highest BCUT2D eigenvalue weighted by molar-refractivity contribution is 8.02. The second-order valence-electron chi connectivity index (χ2n) is 8.87. The van der Waals surface area contributed by atoms with Crippen LogP contribution in [0.3, 0.4) is 0 Å². The Bertz CT molecular complexity index is 1370. The minimum Gasteiger partial charge on any atom is -0.324 e. The second kappa shape index (κ2) is 8.53. The molecule has 5 rings (SSSR count). The maximum Gasteiger partial charge on any atom is 0.269 e. The summed E-state index contributed by atoms with van der Waals surface area (Å²) in [5.74, 6) is -1.46. The molecule has 1 spiro atoms. The van der Waals surface area contributed by atoms with E-state index in [-0.39, 0.29) is 24.1 Å². The van der Waals surface area contributed by atoms with Crippen LogP contribution in [0, 0.1) is 26.6 Å². The fourth-order valence-corrected chi connectivity index (χ4v) is 6.39. The predicted octanol–water partition coefficient (Wildman–Crippen LogP) is 4.67. The molecule has 0 aromatic heterocycles. The van der Waals surface area contributed by atoms with Crippen molar-refractivity contribution < 1.29 is 18.8 Å². The van der Waals surface area contributed by atoms with Crippen molar-refractivity contribution in [3.63, 3.8) is 0 Å². The number of thioether (sulfide) groups is 1. The smallest absolute Gasteiger partial charge is 0.269 e. The van der Waals surface area contributed by atoms with E-state index in [0.717, 1.165) is 22.4 Å². The number of nitrogens with one attached hydrogen (secondary N) is 1. The molecule has 3 amide bonds. The fraction of sp³-hybridized carbons (Fsp3) is 0.222. The Labute approximate surface area is 207 Å². The van der Waals surface area contributed by atoms with Crippen LogP contribution in [0.4, 0.5) is 21.5 Å². The van der Waals surface area contributed by atoms with Crippen LogP contribution in [0.5, 0.6) is 0 Å². The van der Waals surface area contributed by atoms with Gasteiger partial charge in [-0.25, -0.2) is 4.39 Å². The third-order valence-corrected chi connectivity index (χ3v) is 7.76. The molecule has 3 aromatic rings. The van der Waals surface area contributed by atoms with Gasteiger partial charge in [-0.05, 0) is 56.2 Å². The van der Waals surface area contributed by atoms with Gasteiger partial charge in [0, 0.05) is 16.9 Å². The molecule has 1 saturated heterocycles. The Morgan fingerprint density at radius 3 is 2.46 bits per heavy atom. The van der Waals surface area contributed by atoms with E-state index in [0.29, 0.717) is 16.9 Å². The molecule has 2 heterocycles. The first kappa shape index (κ1) is 23.1. The number of aryl methyl sites for hydroxylation is 3. The zero-order valence-electron chi connectivity index (χ0n) is 19.6. The SMILES string of the molecule is Cc1cc(C)c(NC(=O)CN2C(=O)[C@@]3(SCC(=O)N3c3cccc(F)c3)c3ccccc32)c(C)c1. The van der Waals surface area contributed by atoms with Crippen molar-refractivity contribution in [3.05, 3.63) is 88.7 Å². The van der Waals surface area contributed by atoms with Crippen molar-refractivity contribution >= 4 is 46.5 Å². The van der Waals surface area contributed by atoms with Crippen LogP contribution in [0.15, 0.2) is 60.7 Å². The molecule has 178 valence electrons. The molecule has 35 heavy (non-hydrogen) atoms. The van der Waals surface area contributed by atoms with Crippen molar-refractivity contribution in [1.82, 2.24) is 0 Å². The molecule has 2 aliphatic rings. The van der Waals surface area contributed by atoms with Crippen LogP contribution in [-0.2, 0) is 19.3 Å². The topological polar surface area (TPSA) is 69.7 Å². The largest absolute Gasteiger partial charge is 0.324 e. The van der Waals surface area contributed by atoms with E-state index in [4.69, 9.17) is 0 Å². The van der Waals surface area contributed by atoms with Crippen molar-refractivity contribution in [2.45, 2.75) is 25.6 Å². The monoisotopic (exact) mass is 489 g/mol. The number of hydrogen-bond acceptors (Lipinski definition) is 4. The number of para-hydroxylation sites is 1. The first-order valence-corrected chi connectivity index (χ1v) is 12.2. The van der Waals surface area contributed by atoms with Gasteiger partial charge in [0.25, 0.3) is 5.91 Å². The van der Waals surface area contributed by atoms with Crippen molar-refractivity contribution in [2.24, 2.45) is 0 Å². The summed E-state index contributed by atoms with van der Waals surface area (Å²) in [6.45, 7) is 5.64. The molecular weight excluding hydrogens is 465 g/mol. The molecule has 2 aliphatic heterocycles. The van der Waals surface area contributed by atoms with Gasteiger partial charge in [0.2, 0.25) is 16.7 Å². The van der Waals surface area contributed by atoms with Crippen LogP contribution in [0.2, 0.25) is 0 Å². The lowest BCUT2D eigenvalue weighted by Crippen LogP contribution is -2.51. The van der Waals surface area contributed by atoms with Gasteiger partial charge in [-0.15, -0.1) is 11.8 Å². The van der Waals surface area contributed by atoms with E-state index in [1.807, 2.05) is 32.9 Å². The van der Waals surface area contributed by atoms with Crippen LogP contribution in [0.25, 0.3) is 0 Å². The number of hydrogen-bond donors (Lipinski definition) is 1. The Morgan fingerprint density at radius 1 is 1.03 bits per heavy atom. The maximum absolute atomic E-state index is 14.1. The summed E-state index contributed by atoms with van der Waals surface area (Å²) in [6.07, 6.45) is 0. The molecule has 8 heteroatoms. The number of carbonyl (C=O) groups is 3. The number of halogens is 1. The minimum atomic E-state index is -1.39. The van der Waals surface area contributed by atoms with E-state index in [9.17, 15) is 18.8 Å². The highest BCUT2D eigenvalue weighted by Crippen LogP contribution is 2.55. The Morgan fingerprint density at radius 2 is 1.74 bits per heavy atom. The van der Waals surface area contributed by atoms with Gasteiger partial charge in [-0.2, -0.15) is 0 Å². The summed E-state index contributed by atoms with van der Waals surface area (Å²) in [7, 11) is 0. The standard InChI is InChI=1S/C27H24FN3O3S/c1-16-11-17(2)25(18(3)12-16)29-23(32)14-30-22-10-5-4-9-21(22)27(26(30)34)31(24(33)15-35-27)20-8-6-7-19(28)13-20/h4-13H,14-15H2,1-3H3,(H,29,32)/t27-/m0/s1. The quantitative estimate of drug-likeness (QED) is 0.578. The van der Waals surface area contributed by atoms with Gasteiger partial charge in [-0.3, -0.25) is 24.2 Å². The second-order valence-corrected chi connectivity index (χ2v) is 10.0. The molecule has 1 fully saturated rings. The summed E-state index contributed by atoms with van der Waals surface area (Å²) in [5.41, 5.74) is 5.19. The van der Waals surface area contributed by atoms with Crippen LogP contribution in [0.1, 0.15) is 22.3 Å². The summed E-state index contributed by atoms with van der Waals surface area (Å²) in [4.78, 5) is 41.5. The number of carbonyl (C=O) groups excluding carboxylic acids is 3. The number of nitrogens with zero attached hydrogens (tertiary/aromatic N) is 2. The predicted molar refractivity (Wildman–Crippen MR) is 136 cm³/mol. The molecule has 0 unspecified atom stereocenters. The van der Waals surface area contributed by atoms with Crippen molar-refractivity contribution in [1.29, 1.82) is 0 Å². The zero-order valence-corrected chi connectivity index (χ0v) is 20.4. The van der Waals surface area contributed by atoms with Crippen LogP contribution >= 0.6 is 11.8 Å². The average Bonchev–Trinajstić information content (AvgIpc) is 3.27. The average molecular weight is 490 g/mol. The van der Waals surface area contributed by atoms with E-state index in [2.05, 4.69) is 5.32 Å². The molecule has 0 bridgehead atoms. The van der Waals surface area contributed by atoms with E-state index in [1.54, 1.807) is 30.3 Å². The first-order valence-electron chi connectivity index (χ1n) is 11.2. The van der Waals surface area contributed by atoms with Gasteiger partial charge < -0.3 is 5.32 Å². The Balaban J connectivity index is 1.52. The molecule has 6 nitrogen and oxygen atoms in total. The van der Waals surface area contributed by atoms with Gasteiger partial charge in [-0.1, -0.05) is 42.0 Å². The lowest BCUT2D eigenvalue weighted by Gasteiger charge is -2.33. The van der Waals surface area contributed by atoms with Crippen molar-refractivity contribution in [3.8, 4) is 0 Å². The van der Waals surface area contributed by atoms with Crippen LogP contribution in [-0.4, -0.2) is 30.0 Å². The van der Waals surface area contributed by atoms with Gasteiger partial charge in [0.1, 0.15) is 12.4 Å². The van der Waals surface area contributed by atoms with Gasteiger partial charge in [0.15, 0.2) is 0 Å². The number of rotatable bonds is 4. The van der Waals surface area contributed by atoms with Crippen LogP contribution < -0.4 is 15.1 Å². The number of anilines is 3. The molecule has 0 saturated carbocycles. The van der Waals surface area contributed by atoms with E-state index >= 15 is 0 Å². The summed E-state index contributed by atoms with van der Waals surface area (Å²) < 4.78 is 14.1. The van der Waals surface area contributed by atoms with E-state index in [1.165, 1.54) is 39.8 Å². The lowest BCUT2D eigenvalue weighted by molar-refractivity contribution is -0.124. The minimum absolute atomic E-state index is 0.0678. The Hall–Kier alpha value is -3.65. The van der Waals surface area contributed by atoms with E-state index < -0.39 is 16.6 Å². The third kappa shape index (κ3) is 3.69. The molecular formula is C27H24FN3O3S. The van der Waals surface area contributed by atoms with Gasteiger partial charge in [0.05, 0.1) is 11.4 Å². The lowest BCUT2D eigenvalue weighted by atomic mass is 10.0. The Kier molecular flexibility index (Phi) is 5.63. The first-order chi connectivity index (χ1) is 16.7. The summed E-state index contributed by atoms with van der Waals surface area (Å²) in [5, 5.41) is 2.95. The number of benzene rings is 3. The molecule has 3 aromatic carbocycles. The summed E-state index contributed by atoms with van der Waals surface area (Å²) in [6, 6.07) is 16.8. The summed E-state index contributed by atoms with van der Waals surface area (Å²) >= 11 is 1.19. The molecule has 0 aliphatic carbocycles. The fourth-order valence-electron chi connectivity index (χ4n) is 5.03. The van der Waals surface area contributed by atoms with Crippen molar-refractivity contribution in [2.75, 3.05) is 27.4 Å².